The second-order valence-corrected chi connectivity index (χ2v) is 8.56. The van der Waals surface area contributed by atoms with Crippen LogP contribution in [0.4, 0.5) is 10.1 Å². The molecule has 0 spiro atoms. The second-order valence-electron chi connectivity index (χ2n) is 6.82. The van der Waals surface area contributed by atoms with Gasteiger partial charge in [0.2, 0.25) is 10.0 Å². The molecule has 6 nitrogen and oxygen atoms in total. The van der Waals surface area contributed by atoms with Gasteiger partial charge in [-0.15, -0.1) is 0 Å². The van der Waals surface area contributed by atoms with Crippen molar-refractivity contribution in [1.82, 2.24) is 4.72 Å². The van der Waals surface area contributed by atoms with E-state index in [2.05, 4.69) is 10.0 Å². The number of carbonyl (C=O) groups is 1. The van der Waals surface area contributed by atoms with Gasteiger partial charge in [0.15, 0.2) is 0 Å². The zero-order valence-electron chi connectivity index (χ0n) is 17.2. The molecule has 3 rings (SSSR count). The Morgan fingerprint density at radius 2 is 1.61 bits per heavy atom. The number of amides is 1. The van der Waals surface area contributed by atoms with Crippen LogP contribution < -0.4 is 14.8 Å². The summed E-state index contributed by atoms with van der Waals surface area (Å²) in [5, 5.41) is 2.69. The molecule has 0 aliphatic heterocycles. The third kappa shape index (κ3) is 5.68. The Balaban J connectivity index is 1.75. The number of hydrogen-bond acceptors (Lipinski definition) is 4. The average Bonchev–Trinajstić information content (AvgIpc) is 2.78. The summed E-state index contributed by atoms with van der Waals surface area (Å²) in [6.45, 7) is 1.99. The standard InChI is InChI=1S/C23H23FN2O4S/c1-3-16-4-9-19(10-5-16)26-23(27)18-8-13-21(24)22(14-18)31(28,29)25-15-17-6-11-20(30-2)12-7-17/h4-14,25H,3,15H2,1-2H3,(H,26,27). The van der Waals surface area contributed by atoms with Gasteiger partial charge in [-0.2, -0.15) is 0 Å². The van der Waals surface area contributed by atoms with E-state index in [0.717, 1.165) is 24.1 Å². The van der Waals surface area contributed by atoms with E-state index in [9.17, 15) is 17.6 Å². The van der Waals surface area contributed by atoms with Crippen molar-refractivity contribution in [3.05, 3.63) is 89.2 Å². The molecule has 0 radical (unpaired) electrons. The Morgan fingerprint density at radius 1 is 0.968 bits per heavy atom. The molecule has 0 atom stereocenters. The lowest BCUT2D eigenvalue weighted by molar-refractivity contribution is 0.102. The Bertz CT molecular complexity index is 1160. The van der Waals surface area contributed by atoms with Gasteiger partial charge in [-0.25, -0.2) is 17.5 Å². The van der Waals surface area contributed by atoms with E-state index in [0.29, 0.717) is 17.0 Å². The summed E-state index contributed by atoms with van der Waals surface area (Å²) in [6, 6.07) is 17.3. The molecule has 0 heterocycles. The molecule has 3 aromatic carbocycles. The van der Waals surface area contributed by atoms with Crippen LogP contribution in [0.5, 0.6) is 5.75 Å². The summed E-state index contributed by atoms with van der Waals surface area (Å²) >= 11 is 0. The van der Waals surface area contributed by atoms with Crippen molar-refractivity contribution in [1.29, 1.82) is 0 Å². The molecule has 0 aromatic heterocycles. The van der Waals surface area contributed by atoms with Gasteiger partial charge < -0.3 is 10.1 Å². The summed E-state index contributed by atoms with van der Waals surface area (Å²) in [4.78, 5) is 12.0. The Kier molecular flexibility index (Phi) is 7.04. The third-order valence-electron chi connectivity index (χ3n) is 4.73. The highest BCUT2D eigenvalue weighted by atomic mass is 32.2. The molecule has 162 valence electrons. The van der Waals surface area contributed by atoms with Crippen LogP contribution in [0.15, 0.2) is 71.6 Å². The number of ether oxygens (including phenoxy) is 1. The van der Waals surface area contributed by atoms with Crippen molar-refractivity contribution in [2.45, 2.75) is 24.8 Å². The summed E-state index contributed by atoms with van der Waals surface area (Å²) in [6.07, 6.45) is 0.872. The number of rotatable bonds is 8. The zero-order chi connectivity index (χ0) is 22.4. The Labute approximate surface area is 181 Å². The summed E-state index contributed by atoms with van der Waals surface area (Å²) < 4.78 is 47.0. The lowest BCUT2D eigenvalue weighted by Crippen LogP contribution is -2.25. The number of methoxy groups -OCH3 is 1. The first kappa shape index (κ1) is 22.5. The van der Waals surface area contributed by atoms with E-state index in [4.69, 9.17) is 4.74 Å². The summed E-state index contributed by atoms with van der Waals surface area (Å²) in [7, 11) is -2.65. The molecule has 0 fully saturated rings. The summed E-state index contributed by atoms with van der Waals surface area (Å²) in [5.41, 5.74) is 2.39. The van der Waals surface area contributed by atoms with Crippen LogP contribution in [0.1, 0.15) is 28.4 Å². The molecule has 31 heavy (non-hydrogen) atoms. The molecule has 2 N–H and O–H groups in total. The van der Waals surface area contributed by atoms with E-state index in [1.54, 1.807) is 36.4 Å². The van der Waals surface area contributed by atoms with Crippen molar-refractivity contribution in [2.75, 3.05) is 12.4 Å². The minimum atomic E-state index is -4.18. The van der Waals surface area contributed by atoms with Gasteiger partial charge in [0.25, 0.3) is 5.91 Å². The first-order valence-corrected chi connectivity index (χ1v) is 11.1. The van der Waals surface area contributed by atoms with Gasteiger partial charge in [-0.3, -0.25) is 4.79 Å². The topological polar surface area (TPSA) is 84.5 Å². The molecule has 3 aromatic rings. The van der Waals surface area contributed by atoms with E-state index >= 15 is 0 Å². The third-order valence-corrected chi connectivity index (χ3v) is 6.14. The van der Waals surface area contributed by atoms with Crippen molar-refractivity contribution in [2.24, 2.45) is 0 Å². The molecule has 0 bridgehead atoms. The van der Waals surface area contributed by atoms with E-state index in [1.807, 2.05) is 19.1 Å². The van der Waals surface area contributed by atoms with Gasteiger partial charge in [0.05, 0.1) is 7.11 Å². The number of nitrogens with one attached hydrogen (secondary N) is 2. The van der Waals surface area contributed by atoms with Crippen LogP contribution >= 0.6 is 0 Å². The highest BCUT2D eigenvalue weighted by Crippen LogP contribution is 2.19. The number of sulfonamides is 1. The van der Waals surface area contributed by atoms with Gasteiger partial charge in [-0.05, 0) is 60.0 Å². The molecular formula is C23H23FN2O4S. The molecule has 0 aliphatic carbocycles. The predicted molar refractivity (Wildman–Crippen MR) is 117 cm³/mol. The minimum Gasteiger partial charge on any atom is -0.497 e. The van der Waals surface area contributed by atoms with Crippen molar-refractivity contribution in [3.8, 4) is 5.75 Å². The highest BCUT2D eigenvalue weighted by molar-refractivity contribution is 7.89. The van der Waals surface area contributed by atoms with Crippen LogP contribution in [0.3, 0.4) is 0 Å². The summed E-state index contributed by atoms with van der Waals surface area (Å²) in [5.74, 6) is -0.831. The van der Waals surface area contributed by atoms with Crippen molar-refractivity contribution < 1.29 is 22.3 Å². The van der Waals surface area contributed by atoms with Crippen molar-refractivity contribution in [3.63, 3.8) is 0 Å². The molecule has 0 saturated heterocycles. The highest BCUT2D eigenvalue weighted by Gasteiger charge is 2.21. The molecular weight excluding hydrogens is 419 g/mol. The maximum Gasteiger partial charge on any atom is 0.255 e. The minimum absolute atomic E-state index is 0.0331. The number of carbonyl (C=O) groups excluding carboxylic acids is 1. The van der Waals surface area contributed by atoms with Crippen LogP contribution in [0.25, 0.3) is 0 Å². The first-order chi connectivity index (χ1) is 14.8. The quantitative estimate of drug-likeness (QED) is 0.549. The molecule has 0 unspecified atom stereocenters. The maximum atomic E-state index is 14.3. The van der Waals surface area contributed by atoms with E-state index < -0.39 is 26.6 Å². The van der Waals surface area contributed by atoms with Crippen molar-refractivity contribution >= 4 is 21.6 Å². The van der Waals surface area contributed by atoms with Gasteiger partial charge >= 0.3 is 0 Å². The largest absolute Gasteiger partial charge is 0.497 e. The maximum absolute atomic E-state index is 14.3. The Morgan fingerprint density at radius 3 is 2.23 bits per heavy atom. The number of aryl methyl sites for hydroxylation is 1. The fourth-order valence-corrected chi connectivity index (χ4v) is 4.00. The van der Waals surface area contributed by atoms with E-state index in [1.165, 1.54) is 13.2 Å². The fraction of sp³-hybridized carbons (Fsp3) is 0.174. The van der Waals surface area contributed by atoms with Crippen LogP contribution in [0.2, 0.25) is 0 Å². The number of benzene rings is 3. The van der Waals surface area contributed by atoms with E-state index in [-0.39, 0.29) is 12.1 Å². The molecule has 8 heteroatoms. The first-order valence-electron chi connectivity index (χ1n) is 9.65. The lowest BCUT2D eigenvalue weighted by Gasteiger charge is -2.11. The molecule has 0 saturated carbocycles. The normalized spacial score (nSPS) is 11.2. The number of hydrogen-bond donors (Lipinski definition) is 2. The lowest BCUT2D eigenvalue weighted by atomic mass is 10.1. The molecule has 1 amide bonds. The van der Waals surface area contributed by atoms with Gasteiger partial charge in [0, 0.05) is 17.8 Å². The Hall–Kier alpha value is -3.23. The average molecular weight is 443 g/mol. The monoisotopic (exact) mass is 442 g/mol. The fourth-order valence-electron chi connectivity index (χ4n) is 2.88. The SMILES string of the molecule is CCc1ccc(NC(=O)c2ccc(F)c(S(=O)(=O)NCc3ccc(OC)cc3)c2)cc1. The van der Waals surface area contributed by atoms with Gasteiger partial charge in [-0.1, -0.05) is 31.2 Å². The van der Waals surface area contributed by atoms with Crippen LogP contribution in [-0.2, 0) is 23.0 Å². The number of anilines is 1. The van der Waals surface area contributed by atoms with Crippen LogP contribution in [-0.4, -0.2) is 21.4 Å². The number of halogens is 1. The van der Waals surface area contributed by atoms with Gasteiger partial charge in [0.1, 0.15) is 16.5 Å². The smallest absolute Gasteiger partial charge is 0.255 e. The predicted octanol–water partition coefficient (Wildman–Crippen LogP) is 4.13. The zero-order valence-corrected chi connectivity index (χ0v) is 18.0. The van der Waals surface area contributed by atoms with Crippen LogP contribution in [0, 0.1) is 5.82 Å². The molecule has 0 aliphatic rings. The second kappa shape index (κ2) is 9.72.